The Morgan fingerprint density at radius 2 is 2.26 bits per heavy atom. The van der Waals surface area contributed by atoms with Crippen molar-refractivity contribution in [1.82, 2.24) is 5.32 Å². The number of thioether (sulfide) groups is 1. The zero-order chi connectivity index (χ0) is 13.2. The monoisotopic (exact) mass is 293 g/mol. The van der Waals surface area contributed by atoms with Crippen LogP contribution >= 0.6 is 23.1 Å². The minimum absolute atomic E-state index is 0.0814. The van der Waals surface area contributed by atoms with Gasteiger partial charge in [0.05, 0.1) is 10.9 Å². The van der Waals surface area contributed by atoms with Gasteiger partial charge in [-0.05, 0) is 41.6 Å². The number of nitrogens with one attached hydrogen (secondary N) is 1. The van der Waals surface area contributed by atoms with Crippen LogP contribution in [-0.2, 0) is 0 Å². The van der Waals surface area contributed by atoms with Crippen LogP contribution in [0.25, 0.3) is 0 Å². The molecule has 1 N–H and O–H groups in total. The second kappa shape index (κ2) is 5.35. The van der Waals surface area contributed by atoms with E-state index in [-0.39, 0.29) is 17.8 Å². The number of carbonyl (C=O) groups excluding carboxylic acids is 1. The molecule has 98 valence electrons. The summed E-state index contributed by atoms with van der Waals surface area (Å²) in [5.41, 5.74) is 0.890. The fraction of sp³-hybridized carbons (Fsp3) is 0.214. The van der Waals surface area contributed by atoms with E-state index in [1.165, 1.54) is 23.5 Å². The third kappa shape index (κ3) is 2.67. The highest BCUT2D eigenvalue weighted by molar-refractivity contribution is 7.99. The molecule has 0 radical (unpaired) electrons. The first-order valence-corrected chi connectivity index (χ1v) is 7.87. The van der Waals surface area contributed by atoms with Crippen molar-refractivity contribution in [1.29, 1.82) is 0 Å². The van der Waals surface area contributed by atoms with Crippen LogP contribution in [0.15, 0.2) is 40.6 Å². The lowest BCUT2D eigenvalue weighted by Gasteiger charge is -2.25. The summed E-state index contributed by atoms with van der Waals surface area (Å²) in [5, 5.41) is 4.87. The number of rotatable bonds is 2. The number of hydrogen-bond acceptors (Lipinski definition) is 3. The normalized spacial score (nSPS) is 17.8. The first-order chi connectivity index (χ1) is 9.24. The largest absolute Gasteiger partial charge is 0.344 e. The molecule has 5 heteroatoms. The molecule has 2 heterocycles. The zero-order valence-corrected chi connectivity index (χ0v) is 11.7. The highest BCUT2D eigenvalue weighted by Crippen LogP contribution is 2.36. The second-order valence-electron chi connectivity index (χ2n) is 4.32. The Balaban J connectivity index is 1.84. The van der Waals surface area contributed by atoms with Gasteiger partial charge < -0.3 is 5.32 Å². The van der Waals surface area contributed by atoms with Gasteiger partial charge in [-0.25, -0.2) is 4.39 Å². The van der Waals surface area contributed by atoms with Crippen LogP contribution in [-0.4, -0.2) is 11.7 Å². The van der Waals surface area contributed by atoms with Crippen molar-refractivity contribution in [3.63, 3.8) is 0 Å². The van der Waals surface area contributed by atoms with Gasteiger partial charge in [-0.2, -0.15) is 0 Å². The van der Waals surface area contributed by atoms with E-state index in [4.69, 9.17) is 0 Å². The van der Waals surface area contributed by atoms with Gasteiger partial charge in [0.1, 0.15) is 5.82 Å². The van der Waals surface area contributed by atoms with E-state index in [9.17, 15) is 9.18 Å². The van der Waals surface area contributed by atoms with Gasteiger partial charge in [-0.15, -0.1) is 23.1 Å². The lowest BCUT2D eigenvalue weighted by Crippen LogP contribution is -2.30. The topological polar surface area (TPSA) is 29.1 Å². The minimum atomic E-state index is -0.253. The molecule has 1 aromatic carbocycles. The Labute approximate surface area is 119 Å². The highest BCUT2D eigenvalue weighted by atomic mass is 32.2. The lowest BCUT2D eigenvalue weighted by atomic mass is 10.0. The molecule has 1 atom stereocenters. The highest BCUT2D eigenvalue weighted by Gasteiger charge is 2.23. The van der Waals surface area contributed by atoms with Gasteiger partial charge in [0.15, 0.2) is 0 Å². The Bertz CT molecular complexity index is 597. The summed E-state index contributed by atoms with van der Waals surface area (Å²) in [5.74, 6) is 0.604. The van der Waals surface area contributed by atoms with Gasteiger partial charge in [0.25, 0.3) is 5.91 Å². The fourth-order valence-corrected chi connectivity index (χ4v) is 3.88. The van der Waals surface area contributed by atoms with E-state index in [0.717, 1.165) is 22.6 Å². The van der Waals surface area contributed by atoms with E-state index in [1.54, 1.807) is 23.9 Å². The van der Waals surface area contributed by atoms with Gasteiger partial charge in [-0.1, -0.05) is 6.07 Å². The number of halogens is 1. The van der Waals surface area contributed by atoms with Crippen molar-refractivity contribution in [3.8, 4) is 0 Å². The van der Waals surface area contributed by atoms with E-state index in [2.05, 4.69) is 5.32 Å². The van der Waals surface area contributed by atoms with Gasteiger partial charge >= 0.3 is 0 Å². The minimum Gasteiger partial charge on any atom is -0.344 e. The van der Waals surface area contributed by atoms with Gasteiger partial charge in [0.2, 0.25) is 0 Å². The zero-order valence-electron chi connectivity index (χ0n) is 10.1. The van der Waals surface area contributed by atoms with Crippen LogP contribution in [0.1, 0.15) is 27.7 Å². The average Bonchev–Trinajstić information content (AvgIpc) is 2.93. The molecule has 0 saturated carbocycles. The summed E-state index contributed by atoms with van der Waals surface area (Å²) < 4.78 is 13.4. The van der Waals surface area contributed by atoms with Gasteiger partial charge in [0, 0.05) is 10.6 Å². The molecule has 2 nitrogen and oxygen atoms in total. The second-order valence-corrected chi connectivity index (χ2v) is 6.41. The molecular formula is C14H12FNOS2. The smallest absolute Gasteiger partial charge is 0.261 e. The molecule has 0 bridgehead atoms. The predicted octanol–water partition coefficient (Wildman–Crippen LogP) is 3.85. The Hall–Kier alpha value is -1.33. The van der Waals surface area contributed by atoms with Crippen molar-refractivity contribution in [2.24, 2.45) is 0 Å². The van der Waals surface area contributed by atoms with E-state index >= 15 is 0 Å². The molecule has 0 spiro atoms. The molecule has 1 unspecified atom stereocenters. The standard InChI is InChI=1S/C14H12FNOS2/c15-9-3-4-12-10(8-9)11(5-7-19-12)16-14(17)13-2-1-6-18-13/h1-4,6,8,11H,5,7H2,(H,16,17). The van der Waals surface area contributed by atoms with Crippen LogP contribution in [0.2, 0.25) is 0 Å². The van der Waals surface area contributed by atoms with Crippen molar-refractivity contribution >= 4 is 29.0 Å². The lowest BCUT2D eigenvalue weighted by molar-refractivity contribution is 0.0939. The maximum Gasteiger partial charge on any atom is 0.261 e. The van der Waals surface area contributed by atoms with E-state index in [1.807, 2.05) is 11.4 Å². The molecule has 3 rings (SSSR count). The number of carbonyl (C=O) groups is 1. The SMILES string of the molecule is O=C(NC1CCSc2ccc(F)cc21)c1cccs1. The number of fused-ring (bicyclic) bond motifs is 1. The average molecular weight is 293 g/mol. The van der Waals surface area contributed by atoms with Crippen LogP contribution in [0.3, 0.4) is 0 Å². The molecule has 1 aromatic heterocycles. The van der Waals surface area contributed by atoms with E-state index < -0.39 is 0 Å². The van der Waals surface area contributed by atoms with Gasteiger partial charge in [-0.3, -0.25) is 4.79 Å². The number of thiophene rings is 1. The summed E-state index contributed by atoms with van der Waals surface area (Å²) in [6.07, 6.45) is 0.832. The molecule has 1 aliphatic rings. The molecule has 2 aromatic rings. The molecule has 0 aliphatic carbocycles. The van der Waals surface area contributed by atoms with E-state index in [0.29, 0.717) is 4.88 Å². The fourth-order valence-electron chi connectivity index (χ4n) is 2.15. The van der Waals surface area contributed by atoms with Crippen molar-refractivity contribution in [2.75, 3.05) is 5.75 Å². The molecule has 19 heavy (non-hydrogen) atoms. The maximum atomic E-state index is 13.4. The first kappa shape index (κ1) is 12.7. The third-order valence-electron chi connectivity index (χ3n) is 3.06. The summed E-state index contributed by atoms with van der Waals surface area (Å²) in [6, 6.07) is 8.34. The molecular weight excluding hydrogens is 281 g/mol. The number of amides is 1. The van der Waals surface area contributed by atoms with Crippen LogP contribution < -0.4 is 5.32 Å². The molecule has 0 fully saturated rings. The van der Waals surface area contributed by atoms with Crippen LogP contribution in [0.5, 0.6) is 0 Å². The van der Waals surface area contributed by atoms with Crippen molar-refractivity contribution in [3.05, 3.63) is 52.0 Å². The number of benzene rings is 1. The summed E-state index contributed by atoms with van der Waals surface area (Å²) in [4.78, 5) is 13.8. The van der Waals surface area contributed by atoms with Crippen molar-refractivity contribution < 1.29 is 9.18 Å². The van der Waals surface area contributed by atoms with Crippen LogP contribution in [0, 0.1) is 5.82 Å². The third-order valence-corrected chi connectivity index (χ3v) is 5.05. The summed E-state index contributed by atoms with van der Waals surface area (Å²) in [6.45, 7) is 0. The quantitative estimate of drug-likeness (QED) is 0.911. The Morgan fingerprint density at radius 3 is 3.05 bits per heavy atom. The molecule has 1 aliphatic heterocycles. The molecule has 0 saturated heterocycles. The van der Waals surface area contributed by atoms with Crippen molar-refractivity contribution in [2.45, 2.75) is 17.4 Å². The maximum absolute atomic E-state index is 13.4. The predicted molar refractivity (Wildman–Crippen MR) is 76.3 cm³/mol. The van der Waals surface area contributed by atoms with Crippen LogP contribution in [0.4, 0.5) is 4.39 Å². The number of hydrogen-bond donors (Lipinski definition) is 1. The summed E-state index contributed by atoms with van der Waals surface area (Å²) >= 11 is 3.12. The Morgan fingerprint density at radius 1 is 1.37 bits per heavy atom. The Kier molecular flexibility index (Phi) is 3.57. The first-order valence-electron chi connectivity index (χ1n) is 6.00. The summed E-state index contributed by atoms with van der Waals surface area (Å²) in [7, 11) is 0. The molecule has 1 amide bonds.